The van der Waals surface area contributed by atoms with E-state index in [-0.39, 0.29) is 32.5 Å². The van der Waals surface area contributed by atoms with Crippen molar-refractivity contribution in [2.45, 2.75) is 78.2 Å². The molecule has 0 aliphatic carbocycles. The van der Waals surface area contributed by atoms with Crippen molar-refractivity contribution >= 4 is 40.0 Å². The number of amides is 3. The topological polar surface area (TPSA) is 135 Å². The first-order valence-electron chi connectivity index (χ1n) is 11.9. The van der Waals surface area contributed by atoms with Crippen LogP contribution in [0.5, 0.6) is 0 Å². The lowest BCUT2D eigenvalue weighted by atomic mass is 10.1. The van der Waals surface area contributed by atoms with Gasteiger partial charge >= 0.3 is 18.2 Å². The second kappa shape index (κ2) is 14.8. The van der Waals surface area contributed by atoms with Crippen molar-refractivity contribution in [1.29, 1.82) is 0 Å². The maximum Gasteiger partial charge on any atom is 0.407 e. The molecule has 1 aromatic rings. The molecule has 0 bridgehead atoms. The fraction of sp³-hybridized carbons (Fsp3) is 0.600. The second-order valence-electron chi connectivity index (χ2n) is 10.4. The zero-order valence-electron chi connectivity index (χ0n) is 22.6. The van der Waals surface area contributed by atoms with Gasteiger partial charge in [0.15, 0.2) is 0 Å². The number of halogens is 1. The van der Waals surface area contributed by atoms with Crippen molar-refractivity contribution in [3.05, 3.63) is 34.3 Å². The van der Waals surface area contributed by atoms with Crippen molar-refractivity contribution in [3.8, 4) is 0 Å². The number of rotatable bonds is 11. The SMILES string of the molecule is CN(CC(=O)OCc1ccc(Br)cc1)NC(=O)C[C@H](CCNC(=O)OC(C)(C)C)NC(=O)OC(C)(C)C. The predicted octanol–water partition coefficient (Wildman–Crippen LogP) is 3.65. The summed E-state index contributed by atoms with van der Waals surface area (Å²) in [6.45, 7) is 10.5. The number of hydrogen-bond acceptors (Lipinski definition) is 8. The molecule has 0 spiro atoms. The zero-order valence-corrected chi connectivity index (χ0v) is 24.2. The molecular weight excluding hydrogens is 548 g/mol. The summed E-state index contributed by atoms with van der Waals surface area (Å²) in [4.78, 5) is 48.9. The first-order valence-corrected chi connectivity index (χ1v) is 12.7. The number of nitrogens with one attached hydrogen (secondary N) is 3. The fourth-order valence-electron chi connectivity index (χ4n) is 2.87. The average Bonchev–Trinajstić information content (AvgIpc) is 2.70. The first kappa shape index (κ1) is 32.2. The number of likely N-dealkylation sites (N-methyl/N-ethyl adjacent to an activating group) is 1. The number of carbonyl (C=O) groups excluding carboxylic acids is 4. The second-order valence-corrected chi connectivity index (χ2v) is 11.4. The molecule has 1 atom stereocenters. The number of hydrogen-bond donors (Lipinski definition) is 3. The monoisotopic (exact) mass is 586 g/mol. The summed E-state index contributed by atoms with van der Waals surface area (Å²) < 4.78 is 16.6. The number of ether oxygens (including phenoxy) is 3. The van der Waals surface area contributed by atoms with Gasteiger partial charge in [0.05, 0.1) is 0 Å². The van der Waals surface area contributed by atoms with Crippen molar-refractivity contribution < 1.29 is 33.4 Å². The molecule has 12 heteroatoms. The summed E-state index contributed by atoms with van der Waals surface area (Å²) in [5.74, 6) is -0.961. The third-order valence-corrected chi connectivity index (χ3v) is 4.84. The quantitative estimate of drug-likeness (QED) is 0.203. The summed E-state index contributed by atoms with van der Waals surface area (Å²) >= 11 is 3.35. The molecule has 11 nitrogen and oxygen atoms in total. The number of alkyl carbamates (subject to hydrolysis) is 2. The van der Waals surface area contributed by atoms with E-state index in [1.807, 2.05) is 24.3 Å². The van der Waals surface area contributed by atoms with Gasteiger partial charge in [-0.05, 0) is 65.7 Å². The van der Waals surface area contributed by atoms with Gasteiger partial charge in [-0.3, -0.25) is 15.0 Å². The third-order valence-electron chi connectivity index (χ3n) is 4.31. The van der Waals surface area contributed by atoms with Crippen molar-refractivity contribution in [3.63, 3.8) is 0 Å². The molecule has 208 valence electrons. The van der Waals surface area contributed by atoms with Crippen molar-refractivity contribution in [1.82, 2.24) is 21.1 Å². The molecule has 0 aliphatic heterocycles. The van der Waals surface area contributed by atoms with E-state index < -0.39 is 41.3 Å². The number of carbonyl (C=O) groups is 4. The van der Waals surface area contributed by atoms with Crippen LogP contribution in [-0.4, -0.2) is 66.5 Å². The van der Waals surface area contributed by atoms with E-state index in [9.17, 15) is 19.2 Å². The number of nitrogens with zero attached hydrogens (tertiary/aromatic N) is 1. The summed E-state index contributed by atoms with van der Waals surface area (Å²) in [5, 5.41) is 6.56. The molecular formula is C25H39BrN4O7. The summed E-state index contributed by atoms with van der Waals surface area (Å²) in [6, 6.07) is 6.71. The molecule has 0 saturated heterocycles. The zero-order chi connectivity index (χ0) is 28.2. The molecule has 0 saturated carbocycles. The van der Waals surface area contributed by atoms with Gasteiger partial charge in [-0.1, -0.05) is 28.1 Å². The molecule has 0 aliphatic rings. The molecule has 0 fully saturated rings. The predicted molar refractivity (Wildman–Crippen MR) is 141 cm³/mol. The van der Waals surface area contributed by atoms with Gasteiger partial charge in [-0.2, -0.15) is 0 Å². The van der Waals surface area contributed by atoms with Gasteiger partial charge in [0, 0.05) is 30.5 Å². The van der Waals surface area contributed by atoms with Crippen molar-refractivity contribution in [2.24, 2.45) is 0 Å². The number of benzene rings is 1. The third kappa shape index (κ3) is 16.5. The Morgan fingerprint density at radius 1 is 0.946 bits per heavy atom. The van der Waals surface area contributed by atoms with E-state index in [2.05, 4.69) is 32.0 Å². The maximum absolute atomic E-state index is 12.6. The normalized spacial score (nSPS) is 12.4. The van der Waals surface area contributed by atoms with Crippen LogP contribution in [0, 0.1) is 0 Å². The van der Waals surface area contributed by atoms with Gasteiger partial charge in [0.25, 0.3) is 0 Å². The minimum Gasteiger partial charge on any atom is -0.460 e. The maximum atomic E-state index is 12.6. The summed E-state index contributed by atoms with van der Waals surface area (Å²) in [5.41, 5.74) is 2.04. The Balaban J connectivity index is 2.58. The average molecular weight is 588 g/mol. The lowest BCUT2D eigenvalue weighted by Crippen LogP contribution is -2.47. The summed E-state index contributed by atoms with van der Waals surface area (Å²) in [6.07, 6.45) is -1.17. The lowest BCUT2D eigenvalue weighted by molar-refractivity contribution is -0.147. The molecule has 3 N–H and O–H groups in total. The Hall–Kier alpha value is -2.86. The van der Waals surface area contributed by atoms with Crippen LogP contribution in [0.4, 0.5) is 9.59 Å². The van der Waals surface area contributed by atoms with E-state index >= 15 is 0 Å². The highest BCUT2D eigenvalue weighted by Crippen LogP contribution is 2.12. The summed E-state index contributed by atoms with van der Waals surface area (Å²) in [7, 11) is 1.53. The highest BCUT2D eigenvalue weighted by molar-refractivity contribution is 9.10. The lowest BCUT2D eigenvalue weighted by Gasteiger charge is -2.25. The Kier molecular flexibility index (Phi) is 12.8. The largest absolute Gasteiger partial charge is 0.460 e. The van der Waals surface area contributed by atoms with E-state index in [1.54, 1.807) is 41.5 Å². The Morgan fingerprint density at radius 2 is 1.51 bits per heavy atom. The Morgan fingerprint density at radius 3 is 2.08 bits per heavy atom. The molecule has 37 heavy (non-hydrogen) atoms. The molecule has 0 aromatic heterocycles. The van der Waals surface area contributed by atoms with Crippen LogP contribution in [0.1, 0.15) is 59.9 Å². The minimum absolute atomic E-state index is 0.112. The first-order chi connectivity index (χ1) is 17.0. The molecule has 1 aromatic carbocycles. The highest BCUT2D eigenvalue weighted by Gasteiger charge is 2.23. The van der Waals surface area contributed by atoms with Crippen LogP contribution in [0.25, 0.3) is 0 Å². The van der Waals surface area contributed by atoms with E-state index in [0.717, 1.165) is 10.0 Å². The number of hydrazine groups is 1. The van der Waals surface area contributed by atoms with Crippen LogP contribution < -0.4 is 16.1 Å². The molecule has 0 unspecified atom stereocenters. The van der Waals surface area contributed by atoms with Crippen LogP contribution in [0.3, 0.4) is 0 Å². The number of esters is 1. The van der Waals surface area contributed by atoms with Gasteiger partial charge in [-0.15, -0.1) is 0 Å². The van der Waals surface area contributed by atoms with E-state index in [1.165, 1.54) is 12.1 Å². The molecule has 1 rings (SSSR count). The van der Waals surface area contributed by atoms with E-state index in [4.69, 9.17) is 14.2 Å². The Labute approximate surface area is 227 Å². The fourth-order valence-corrected chi connectivity index (χ4v) is 3.13. The smallest absolute Gasteiger partial charge is 0.407 e. The Bertz CT molecular complexity index is 911. The van der Waals surface area contributed by atoms with E-state index in [0.29, 0.717) is 0 Å². The van der Waals surface area contributed by atoms with Gasteiger partial charge in [0.1, 0.15) is 24.4 Å². The minimum atomic E-state index is -0.720. The van der Waals surface area contributed by atoms with Gasteiger partial charge in [0.2, 0.25) is 5.91 Å². The van der Waals surface area contributed by atoms with Crippen LogP contribution in [0.15, 0.2) is 28.7 Å². The van der Waals surface area contributed by atoms with Crippen LogP contribution >= 0.6 is 15.9 Å². The highest BCUT2D eigenvalue weighted by atomic mass is 79.9. The molecule has 3 amide bonds. The molecule has 0 radical (unpaired) electrons. The van der Waals surface area contributed by atoms with Crippen molar-refractivity contribution in [2.75, 3.05) is 20.1 Å². The molecule has 0 heterocycles. The van der Waals surface area contributed by atoms with Gasteiger partial charge < -0.3 is 24.8 Å². The van der Waals surface area contributed by atoms with Gasteiger partial charge in [-0.25, -0.2) is 14.6 Å². The van der Waals surface area contributed by atoms with Crippen LogP contribution in [0.2, 0.25) is 0 Å². The standard InChI is InChI=1S/C25H39BrN4O7/c1-24(2,3)36-22(33)27-13-12-19(28-23(34)37-25(4,5)6)14-20(31)29-30(7)15-21(32)35-16-17-8-10-18(26)11-9-17/h8-11,19H,12-16H2,1-7H3,(H,27,33)(H,28,34)(H,29,31)/t19-/m0/s1. The van der Waals surface area contributed by atoms with Crippen LogP contribution in [-0.2, 0) is 30.4 Å².